The van der Waals surface area contributed by atoms with Gasteiger partial charge < -0.3 is 5.73 Å². The van der Waals surface area contributed by atoms with Crippen molar-refractivity contribution < 1.29 is 8.42 Å². The Hall–Kier alpha value is -0.580. The van der Waals surface area contributed by atoms with Gasteiger partial charge in [-0.15, -0.1) is 0 Å². The van der Waals surface area contributed by atoms with Gasteiger partial charge in [0.25, 0.3) is 0 Å². The van der Waals surface area contributed by atoms with Gasteiger partial charge >= 0.3 is 0 Å². The minimum absolute atomic E-state index is 0.271. The van der Waals surface area contributed by atoms with Crippen LogP contribution < -0.4 is 5.73 Å². The molecular formula is C11H20N2O2S. The maximum absolute atomic E-state index is 11.6. The van der Waals surface area contributed by atoms with Gasteiger partial charge in [0.05, 0.1) is 23.4 Å². The van der Waals surface area contributed by atoms with Crippen molar-refractivity contribution in [1.82, 2.24) is 0 Å². The second-order valence-electron chi connectivity index (χ2n) is 4.88. The van der Waals surface area contributed by atoms with Crippen LogP contribution in [0.4, 0.5) is 0 Å². The molecule has 92 valence electrons. The number of amidine groups is 1. The lowest BCUT2D eigenvalue weighted by molar-refractivity contribution is 0.589. The summed E-state index contributed by atoms with van der Waals surface area (Å²) in [6.07, 6.45) is 6.22. The molecule has 2 rings (SSSR count). The van der Waals surface area contributed by atoms with Gasteiger partial charge in [-0.1, -0.05) is 12.8 Å². The monoisotopic (exact) mass is 244 g/mol. The predicted molar refractivity (Wildman–Crippen MR) is 65.3 cm³/mol. The van der Waals surface area contributed by atoms with Gasteiger partial charge in [-0.25, -0.2) is 8.42 Å². The Labute approximate surface area is 97.2 Å². The van der Waals surface area contributed by atoms with Gasteiger partial charge in [0, 0.05) is 5.92 Å². The van der Waals surface area contributed by atoms with Crippen LogP contribution in [0, 0.1) is 5.92 Å². The molecule has 0 aromatic heterocycles. The van der Waals surface area contributed by atoms with Crippen molar-refractivity contribution in [2.45, 2.75) is 43.8 Å². The van der Waals surface area contributed by atoms with Crippen LogP contribution in [0.2, 0.25) is 0 Å². The Bertz CT molecular complexity index is 369. The van der Waals surface area contributed by atoms with Crippen LogP contribution in [-0.4, -0.2) is 31.8 Å². The number of hydrogen-bond donors (Lipinski definition) is 1. The van der Waals surface area contributed by atoms with Crippen molar-refractivity contribution in [3.05, 3.63) is 0 Å². The zero-order chi connectivity index (χ0) is 11.6. The fraction of sp³-hybridized carbons (Fsp3) is 0.909. The maximum Gasteiger partial charge on any atom is 0.154 e. The highest BCUT2D eigenvalue weighted by molar-refractivity contribution is 7.92. The molecule has 2 fully saturated rings. The Morgan fingerprint density at radius 2 is 1.88 bits per heavy atom. The van der Waals surface area contributed by atoms with E-state index in [1.807, 2.05) is 0 Å². The molecule has 16 heavy (non-hydrogen) atoms. The van der Waals surface area contributed by atoms with Crippen LogP contribution in [0.3, 0.4) is 0 Å². The van der Waals surface area contributed by atoms with Gasteiger partial charge in [0.15, 0.2) is 9.84 Å². The second kappa shape index (κ2) is 4.73. The predicted octanol–water partition coefficient (Wildman–Crippen LogP) is 1.11. The molecule has 1 aliphatic heterocycles. The molecular weight excluding hydrogens is 224 g/mol. The van der Waals surface area contributed by atoms with E-state index in [-0.39, 0.29) is 5.25 Å². The third kappa shape index (κ3) is 2.56. The van der Waals surface area contributed by atoms with E-state index in [1.165, 1.54) is 12.8 Å². The van der Waals surface area contributed by atoms with Crippen molar-refractivity contribution >= 4 is 15.7 Å². The molecule has 2 N–H and O–H groups in total. The third-order valence-electron chi connectivity index (χ3n) is 3.71. The molecule has 1 atom stereocenters. The maximum atomic E-state index is 11.6. The highest BCUT2D eigenvalue weighted by atomic mass is 32.2. The molecule has 5 heteroatoms. The number of aliphatic imine (C=N–C) groups is 1. The van der Waals surface area contributed by atoms with Gasteiger partial charge in [-0.3, -0.25) is 4.99 Å². The van der Waals surface area contributed by atoms with E-state index in [1.54, 1.807) is 0 Å². The first-order valence-electron chi connectivity index (χ1n) is 6.11. The Morgan fingerprint density at radius 3 is 2.44 bits per heavy atom. The summed E-state index contributed by atoms with van der Waals surface area (Å²) in [5.74, 6) is 1.42. The van der Waals surface area contributed by atoms with E-state index < -0.39 is 9.84 Å². The molecule has 1 aliphatic carbocycles. The molecule has 1 saturated carbocycles. The van der Waals surface area contributed by atoms with Gasteiger partial charge in [0.2, 0.25) is 0 Å². The molecule has 1 saturated heterocycles. The van der Waals surface area contributed by atoms with Crippen LogP contribution in [0.5, 0.6) is 0 Å². The third-order valence-corrected chi connectivity index (χ3v) is 5.97. The van der Waals surface area contributed by atoms with Gasteiger partial charge in [-0.2, -0.15) is 0 Å². The number of nitrogens with zero attached hydrogens (tertiary/aromatic N) is 1. The molecule has 0 spiro atoms. The van der Waals surface area contributed by atoms with Crippen molar-refractivity contribution in [3.63, 3.8) is 0 Å². The van der Waals surface area contributed by atoms with E-state index in [0.717, 1.165) is 25.7 Å². The average Bonchev–Trinajstić information content (AvgIpc) is 2.83. The lowest BCUT2D eigenvalue weighted by atomic mass is 10.1. The van der Waals surface area contributed by atoms with Crippen molar-refractivity contribution in [1.29, 1.82) is 0 Å². The summed E-state index contributed by atoms with van der Waals surface area (Å²) in [6, 6.07) is 0. The molecule has 0 bridgehead atoms. The van der Waals surface area contributed by atoms with Gasteiger partial charge in [-0.05, 0) is 25.7 Å². The molecule has 0 amide bonds. The Morgan fingerprint density at radius 1 is 1.19 bits per heavy atom. The van der Waals surface area contributed by atoms with Crippen molar-refractivity contribution in [2.75, 3.05) is 12.3 Å². The lowest BCUT2D eigenvalue weighted by Gasteiger charge is -2.10. The van der Waals surface area contributed by atoms with Crippen LogP contribution >= 0.6 is 0 Å². The summed E-state index contributed by atoms with van der Waals surface area (Å²) < 4.78 is 23.2. The summed E-state index contributed by atoms with van der Waals surface area (Å²) in [5.41, 5.74) is 5.90. The summed E-state index contributed by atoms with van der Waals surface area (Å²) >= 11 is 0. The number of nitrogens with two attached hydrogens (primary N) is 1. The molecule has 1 heterocycles. The lowest BCUT2D eigenvalue weighted by Crippen LogP contribution is -2.25. The molecule has 0 aromatic carbocycles. The first-order chi connectivity index (χ1) is 7.59. The largest absolute Gasteiger partial charge is 0.387 e. The SMILES string of the molecule is NC(=NCC1CCCS1(=O)=O)C1CCCC1. The smallest absolute Gasteiger partial charge is 0.154 e. The molecule has 0 radical (unpaired) electrons. The Balaban J connectivity index is 1.92. The normalized spacial score (nSPS) is 31.0. The second-order valence-corrected chi connectivity index (χ2v) is 7.28. The summed E-state index contributed by atoms with van der Waals surface area (Å²) in [4.78, 5) is 4.30. The average molecular weight is 244 g/mol. The minimum Gasteiger partial charge on any atom is -0.387 e. The van der Waals surface area contributed by atoms with E-state index >= 15 is 0 Å². The summed E-state index contributed by atoms with van der Waals surface area (Å²) in [6.45, 7) is 0.380. The van der Waals surface area contributed by atoms with Crippen molar-refractivity contribution in [3.8, 4) is 0 Å². The standard InChI is InChI=1S/C11H20N2O2S/c12-11(9-4-1-2-5-9)13-8-10-6-3-7-16(10,14)15/h9-10H,1-8H2,(H2,12,13). The Kier molecular flexibility index (Phi) is 3.52. The van der Waals surface area contributed by atoms with Crippen LogP contribution in [-0.2, 0) is 9.84 Å². The highest BCUT2D eigenvalue weighted by Crippen LogP contribution is 2.25. The van der Waals surface area contributed by atoms with Gasteiger partial charge in [0.1, 0.15) is 0 Å². The van der Waals surface area contributed by atoms with E-state index in [2.05, 4.69) is 4.99 Å². The van der Waals surface area contributed by atoms with Crippen LogP contribution in [0.25, 0.3) is 0 Å². The quantitative estimate of drug-likeness (QED) is 0.597. The minimum atomic E-state index is -2.87. The summed E-state index contributed by atoms with van der Waals surface area (Å²) in [7, 11) is -2.87. The number of rotatable bonds is 3. The highest BCUT2D eigenvalue weighted by Gasteiger charge is 2.31. The van der Waals surface area contributed by atoms with Crippen LogP contribution in [0.1, 0.15) is 38.5 Å². The van der Waals surface area contributed by atoms with E-state index in [9.17, 15) is 8.42 Å². The number of hydrogen-bond acceptors (Lipinski definition) is 3. The van der Waals surface area contributed by atoms with Crippen molar-refractivity contribution in [2.24, 2.45) is 16.6 Å². The summed E-state index contributed by atoms with van der Waals surface area (Å²) in [5, 5.41) is -0.271. The fourth-order valence-corrected chi connectivity index (χ4v) is 4.35. The number of sulfone groups is 1. The van der Waals surface area contributed by atoms with Crippen LogP contribution in [0.15, 0.2) is 4.99 Å². The molecule has 0 aromatic rings. The molecule has 4 nitrogen and oxygen atoms in total. The fourth-order valence-electron chi connectivity index (χ4n) is 2.62. The first-order valence-corrected chi connectivity index (χ1v) is 7.82. The first kappa shape index (κ1) is 11.9. The molecule has 1 unspecified atom stereocenters. The van der Waals surface area contributed by atoms with E-state index in [4.69, 9.17) is 5.73 Å². The topological polar surface area (TPSA) is 72.5 Å². The van der Waals surface area contributed by atoms with E-state index in [0.29, 0.717) is 24.1 Å². The zero-order valence-corrected chi connectivity index (χ0v) is 10.4. The molecule has 2 aliphatic rings. The zero-order valence-electron chi connectivity index (χ0n) is 9.56.